The van der Waals surface area contributed by atoms with Gasteiger partial charge in [0.2, 0.25) is 5.91 Å². The maximum absolute atomic E-state index is 12.4. The lowest BCUT2D eigenvalue weighted by Gasteiger charge is -2.31. The van der Waals surface area contributed by atoms with Crippen molar-refractivity contribution in [3.8, 4) is 5.75 Å². The Morgan fingerprint density at radius 2 is 2.12 bits per heavy atom. The lowest BCUT2D eigenvalue weighted by atomic mass is 9.96. The van der Waals surface area contributed by atoms with Gasteiger partial charge in [0.05, 0.1) is 0 Å². The average molecular weight is 418 g/mol. The van der Waals surface area contributed by atoms with Gasteiger partial charge in [-0.1, -0.05) is 12.1 Å². The minimum absolute atomic E-state index is 0.0504. The number of amides is 1. The van der Waals surface area contributed by atoms with Crippen LogP contribution in [-0.2, 0) is 4.79 Å². The molecule has 0 bridgehead atoms. The molecule has 1 N–H and O–H groups in total. The van der Waals surface area contributed by atoms with Crippen LogP contribution < -0.4 is 10.1 Å². The highest BCUT2D eigenvalue weighted by molar-refractivity contribution is 9.10. The molecular weight excluding hydrogens is 394 g/mol. The highest BCUT2D eigenvalue weighted by Gasteiger charge is 2.25. The number of hydrogen-bond donors (Lipinski definition) is 1. The fraction of sp³-hybridized carbons (Fsp3) is 0.400. The second-order valence-corrected chi connectivity index (χ2v) is 7.55. The summed E-state index contributed by atoms with van der Waals surface area (Å²) in [6.45, 7) is 5.46. The molecule has 0 spiro atoms. The largest absolute Gasteiger partial charge is 0.492 e. The van der Waals surface area contributed by atoms with E-state index in [-0.39, 0.29) is 11.8 Å². The number of anilines is 1. The SMILES string of the molecule is Cc1cccc(OCCN2CCC(C(=O)Nc3ccc(Br)cn3)CC2)c1. The summed E-state index contributed by atoms with van der Waals surface area (Å²) in [6, 6.07) is 11.8. The zero-order valence-corrected chi connectivity index (χ0v) is 16.5. The van der Waals surface area contributed by atoms with Crippen molar-refractivity contribution in [2.45, 2.75) is 19.8 Å². The predicted molar refractivity (Wildman–Crippen MR) is 106 cm³/mol. The van der Waals surface area contributed by atoms with Crippen LogP contribution in [0.25, 0.3) is 0 Å². The molecule has 3 rings (SSSR count). The van der Waals surface area contributed by atoms with Gasteiger partial charge in [-0.3, -0.25) is 9.69 Å². The zero-order chi connectivity index (χ0) is 18.4. The van der Waals surface area contributed by atoms with Gasteiger partial charge < -0.3 is 10.1 Å². The molecule has 1 aromatic heterocycles. The van der Waals surface area contributed by atoms with Crippen LogP contribution in [0.1, 0.15) is 18.4 Å². The van der Waals surface area contributed by atoms with E-state index in [4.69, 9.17) is 4.74 Å². The molecule has 0 unspecified atom stereocenters. The lowest BCUT2D eigenvalue weighted by molar-refractivity contribution is -0.121. The van der Waals surface area contributed by atoms with Crippen LogP contribution in [0.2, 0.25) is 0 Å². The molecule has 1 aliphatic heterocycles. The Bertz CT molecular complexity index is 728. The van der Waals surface area contributed by atoms with Gasteiger partial charge in [0.25, 0.3) is 0 Å². The molecular formula is C20H24BrN3O2. The molecule has 1 saturated heterocycles. The molecule has 6 heteroatoms. The summed E-state index contributed by atoms with van der Waals surface area (Å²) in [5.41, 5.74) is 1.20. The van der Waals surface area contributed by atoms with Crippen LogP contribution in [0.15, 0.2) is 47.1 Å². The highest BCUT2D eigenvalue weighted by atomic mass is 79.9. The van der Waals surface area contributed by atoms with E-state index in [9.17, 15) is 4.79 Å². The Morgan fingerprint density at radius 1 is 1.31 bits per heavy atom. The molecule has 2 aromatic rings. The monoisotopic (exact) mass is 417 g/mol. The summed E-state index contributed by atoms with van der Waals surface area (Å²) in [5, 5.41) is 2.91. The maximum Gasteiger partial charge on any atom is 0.228 e. The number of benzene rings is 1. The van der Waals surface area contributed by atoms with Crippen LogP contribution in [0, 0.1) is 12.8 Å². The number of nitrogens with zero attached hydrogens (tertiary/aromatic N) is 2. The number of aryl methyl sites for hydroxylation is 1. The van der Waals surface area contributed by atoms with Crippen LogP contribution in [0.5, 0.6) is 5.75 Å². The minimum Gasteiger partial charge on any atom is -0.492 e. The van der Waals surface area contributed by atoms with Crippen molar-refractivity contribution in [3.63, 3.8) is 0 Å². The normalized spacial score (nSPS) is 15.6. The number of carbonyl (C=O) groups excluding carboxylic acids is 1. The summed E-state index contributed by atoms with van der Waals surface area (Å²) < 4.78 is 6.72. The standard InChI is InChI=1S/C20H24BrN3O2/c1-15-3-2-4-18(13-15)26-12-11-24-9-7-16(8-10-24)20(25)23-19-6-5-17(21)14-22-19/h2-6,13-14,16H,7-12H2,1H3,(H,22,23,25). The summed E-state index contributed by atoms with van der Waals surface area (Å²) in [6.07, 6.45) is 3.42. The van der Waals surface area contributed by atoms with Crippen molar-refractivity contribution in [1.29, 1.82) is 0 Å². The van der Waals surface area contributed by atoms with Crippen LogP contribution in [0.3, 0.4) is 0 Å². The van der Waals surface area contributed by atoms with Crippen molar-refractivity contribution in [1.82, 2.24) is 9.88 Å². The van der Waals surface area contributed by atoms with Gasteiger partial charge in [-0.2, -0.15) is 0 Å². The van der Waals surface area contributed by atoms with Gasteiger partial charge in [-0.05, 0) is 78.6 Å². The second-order valence-electron chi connectivity index (χ2n) is 6.63. The quantitative estimate of drug-likeness (QED) is 0.774. The summed E-state index contributed by atoms with van der Waals surface area (Å²) in [7, 11) is 0. The van der Waals surface area contributed by atoms with Crippen LogP contribution in [0.4, 0.5) is 5.82 Å². The first-order chi connectivity index (χ1) is 12.6. The van der Waals surface area contributed by atoms with Gasteiger partial charge in [0.1, 0.15) is 18.2 Å². The molecule has 1 fully saturated rings. The van der Waals surface area contributed by atoms with Gasteiger partial charge in [0, 0.05) is 23.1 Å². The smallest absolute Gasteiger partial charge is 0.228 e. The number of nitrogens with one attached hydrogen (secondary N) is 1. The highest BCUT2D eigenvalue weighted by Crippen LogP contribution is 2.20. The van der Waals surface area contributed by atoms with E-state index < -0.39 is 0 Å². The maximum atomic E-state index is 12.4. The Kier molecular flexibility index (Phi) is 6.63. The van der Waals surface area contributed by atoms with Gasteiger partial charge in [-0.15, -0.1) is 0 Å². The fourth-order valence-electron chi connectivity index (χ4n) is 3.09. The van der Waals surface area contributed by atoms with Crippen molar-refractivity contribution >= 4 is 27.7 Å². The van der Waals surface area contributed by atoms with Gasteiger partial charge >= 0.3 is 0 Å². The Morgan fingerprint density at radius 3 is 2.81 bits per heavy atom. The van der Waals surface area contributed by atoms with E-state index in [0.717, 1.165) is 42.7 Å². The van der Waals surface area contributed by atoms with Gasteiger partial charge in [0.15, 0.2) is 0 Å². The third kappa shape index (κ3) is 5.54. The minimum atomic E-state index is 0.0504. The number of hydrogen-bond acceptors (Lipinski definition) is 4. The lowest BCUT2D eigenvalue weighted by Crippen LogP contribution is -2.40. The topological polar surface area (TPSA) is 54.5 Å². The fourth-order valence-corrected chi connectivity index (χ4v) is 3.33. The molecule has 1 aromatic carbocycles. The molecule has 2 heterocycles. The molecule has 5 nitrogen and oxygen atoms in total. The van der Waals surface area contributed by atoms with E-state index in [0.29, 0.717) is 12.4 Å². The molecule has 1 aliphatic rings. The first-order valence-corrected chi connectivity index (χ1v) is 9.74. The number of piperidine rings is 1. The number of aromatic nitrogens is 1. The number of rotatable bonds is 6. The molecule has 0 atom stereocenters. The predicted octanol–water partition coefficient (Wildman–Crippen LogP) is 3.88. The molecule has 0 aliphatic carbocycles. The van der Waals surface area contributed by atoms with E-state index in [2.05, 4.69) is 44.1 Å². The van der Waals surface area contributed by atoms with E-state index >= 15 is 0 Å². The van der Waals surface area contributed by atoms with Gasteiger partial charge in [-0.25, -0.2) is 4.98 Å². The first-order valence-electron chi connectivity index (χ1n) is 8.94. The summed E-state index contributed by atoms with van der Waals surface area (Å²) in [4.78, 5) is 18.9. The van der Waals surface area contributed by atoms with E-state index in [1.165, 1.54) is 5.56 Å². The zero-order valence-electron chi connectivity index (χ0n) is 15.0. The Balaban J connectivity index is 1.38. The number of carbonyl (C=O) groups is 1. The Hall–Kier alpha value is -1.92. The van der Waals surface area contributed by atoms with Crippen molar-refractivity contribution < 1.29 is 9.53 Å². The Labute approximate surface area is 162 Å². The van der Waals surface area contributed by atoms with E-state index in [1.807, 2.05) is 24.3 Å². The average Bonchev–Trinajstić information content (AvgIpc) is 2.64. The van der Waals surface area contributed by atoms with Crippen molar-refractivity contribution in [2.24, 2.45) is 5.92 Å². The third-order valence-corrected chi connectivity index (χ3v) is 5.07. The van der Waals surface area contributed by atoms with Crippen LogP contribution >= 0.6 is 15.9 Å². The molecule has 26 heavy (non-hydrogen) atoms. The number of ether oxygens (including phenoxy) is 1. The van der Waals surface area contributed by atoms with Crippen molar-refractivity contribution in [3.05, 3.63) is 52.6 Å². The van der Waals surface area contributed by atoms with Crippen molar-refractivity contribution in [2.75, 3.05) is 31.6 Å². The molecule has 0 radical (unpaired) electrons. The van der Waals surface area contributed by atoms with Crippen LogP contribution in [-0.4, -0.2) is 42.0 Å². The first kappa shape index (κ1) is 18.9. The van der Waals surface area contributed by atoms with E-state index in [1.54, 1.807) is 12.3 Å². The summed E-state index contributed by atoms with van der Waals surface area (Å²) >= 11 is 3.34. The third-order valence-electron chi connectivity index (χ3n) is 4.60. The number of halogens is 1. The molecule has 0 saturated carbocycles. The molecule has 1 amide bonds. The summed E-state index contributed by atoms with van der Waals surface area (Å²) in [5.74, 6) is 1.64. The number of likely N-dealkylation sites (tertiary alicyclic amines) is 1. The number of pyridine rings is 1. The second kappa shape index (κ2) is 9.14. The molecule has 138 valence electrons.